The van der Waals surface area contributed by atoms with Crippen LogP contribution in [0.2, 0.25) is 0 Å². The van der Waals surface area contributed by atoms with Crippen molar-refractivity contribution in [3.05, 3.63) is 58.9 Å². The molecule has 3 heteroatoms. The van der Waals surface area contributed by atoms with Crippen LogP contribution in [0.3, 0.4) is 0 Å². The predicted molar refractivity (Wildman–Crippen MR) is 70.3 cm³/mol. The van der Waals surface area contributed by atoms with Crippen molar-refractivity contribution in [1.29, 1.82) is 5.26 Å². The van der Waals surface area contributed by atoms with Crippen molar-refractivity contribution in [2.75, 3.05) is 5.32 Å². The highest BCUT2D eigenvalue weighted by atomic mass is 19.1. The topological polar surface area (TPSA) is 35.8 Å². The first-order valence-corrected chi connectivity index (χ1v) is 5.64. The minimum Gasteiger partial charge on any atom is -0.354 e. The van der Waals surface area contributed by atoms with E-state index in [0.717, 1.165) is 16.8 Å². The standard InChI is InChI=1S/C15H13FN2/c1-10-3-4-11(2)15(7-10)18-14-6-5-13(16)8-12(14)9-17/h3-8,18H,1-2H3. The number of halogens is 1. The molecule has 0 aromatic heterocycles. The van der Waals surface area contributed by atoms with Gasteiger partial charge in [-0.3, -0.25) is 0 Å². The van der Waals surface area contributed by atoms with Gasteiger partial charge < -0.3 is 5.32 Å². The number of anilines is 2. The summed E-state index contributed by atoms with van der Waals surface area (Å²) in [4.78, 5) is 0. The largest absolute Gasteiger partial charge is 0.354 e. The van der Waals surface area contributed by atoms with E-state index in [1.54, 1.807) is 6.07 Å². The first kappa shape index (κ1) is 12.1. The van der Waals surface area contributed by atoms with Crippen LogP contribution in [0.4, 0.5) is 15.8 Å². The Labute approximate surface area is 106 Å². The normalized spacial score (nSPS) is 9.89. The molecule has 0 atom stereocenters. The number of hydrogen-bond donors (Lipinski definition) is 1. The number of aryl methyl sites for hydroxylation is 2. The smallest absolute Gasteiger partial charge is 0.124 e. The maximum absolute atomic E-state index is 13.0. The zero-order valence-electron chi connectivity index (χ0n) is 10.3. The summed E-state index contributed by atoms with van der Waals surface area (Å²) < 4.78 is 13.0. The van der Waals surface area contributed by atoms with E-state index in [1.807, 2.05) is 38.1 Å². The average molecular weight is 240 g/mol. The van der Waals surface area contributed by atoms with Gasteiger partial charge in [0.2, 0.25) is 0 Å². The number of nitrogens with zero attached hydrogens (tertiary/aromatic N) is 1. The number of nitrogens with one attached hydrogen (secondary N) is 1. The lowest BCUT2D eigenvalue weighted by molar-refractivity contribution is 0.627. The molecule has 2 nitrogen and oxygen atoms in total. The summed E-state index contributed by atoms with van der Waals surface area (Å²) >= 11 is 0. The molecular formula is C15H13FN2. The van der Waals surface area contributed by atoms with Crippen LogP contribution in [0.5, 0.6) is 0 Å². The molecule has 1 N–H and O–H groups in total. The molecule has 0 saturated heterocycles. The van der Waals surface area contributed by atoms with Crippen molar-refractivity contribution in [2.24, 2.45) is 0 Å². The Balaban J connectivity index is 2.40. The van der Waals surface area contributed by atoms with E-state index in [2.05, 4.69) is 5.32 Å². The van der Waals surface area contributed by atoms with Gasteiger partial charge in [0.1, 0.15) is 11.9 Å². The quantitative estimate of drug-likeness (QED) is 0.859. The van der Waals surface area contributed by atoms with Gasteiger partial charge in [0.05, 0.1) is 11.3 Å². The average Bonchev–Trinajstić information content (AvgIpc) is 2.36. The summed E-state index contributed by atoms with van der Waals surface area (Å²) in [6.45, 7) is 3.98. The lowest BCUT2D eigenvalue weighted by Crippen LogP contribution is -1.97. The van der Waals surface area contributed by atoms with Crippen LogP contribution in [-0.4, -0.2) is 0 Å². The number of hydrogen-bond acceptors (Lipinski definition) is 2. The molecule has 0 heterocycles. The molecule has 90 valence electrons. The summed E-state index contributed by atoms with van der Waals surface area (Å²) in [6.07, 6.45) is 0. The zero-order chi connectivity index (χ0) is 13.1. The van der Waals surface area contributed by atoms with E-state index in [4.69, 9.17) is 5.26 Å². The molecular weight excluding hydrogens is 227 g/mol. The van der Waals surface area contributed by atoms with Gasteiger partial charge in [-0.1, -0.05) is 12.1 Å². The van der Waals surface area contributed by atoms with Gasteiger partial charge in [-0.25, -0.2) is 4.39 Å². The lowest BCUT2D eigenvalue weighted by atomic mass is 10.1. The van der Waals surface area contributed by atoms with E-state index in [-0.39, 0.29) is 0 Å². The summed E-state index contributed by atoms with van der Waals surface area (Å²) in [7, 11) is 0. The second-order valence-corrected chi connectivity index (χ2v) is 4.25. The van der Waals surface area contributed by atoms with Gasteiger partial charge in [-0.15, -0.1) is 0 Å². The Morgan fingerprint density at radius 1 is 1.06 bits per heavy atom. The fourth-order valence-corrected chi connectivity index (χ4v) is 1.73. The second-order valence-electron chi connectivity index (χ2n) is 4.25. The third-order valence-electron chi connectivity index (χ3n) is 2.76. The maximum Gasteiger partial charge on any atom is 0.124 e. The number of nitriles is 1. The van der Waals surface area contributed by atoms with Gasteiger partial charge in [-0.05, 0) is 49.2 Å². The summed E-state index contributed by atoms with van der Waals surface area (Å²) in [5.41, 5.74) is 4.05. The van der Waals surface area contributed by atoms with Crippen molar-refractivity contribution in [3.63, 3.8) is 0 Å². The first-order chi connectivity index (χ1) is 8.60. The maximum atomic E-state index is 13.0. The Kier molecular flexibility index (Phi) is 3.29. The third-order valence-corrected chi connectivity index (χ3v) is 2.76. The molecule has 0 amide bonds. The molecule has 2 rings (SSSR count). The molecule has 0 aliphatic carbocycles. The Morgan fingerprint density at radius 3 is 2.56 bits per heavy atom. The molecule has 0 fully saturated rings. The highest BCUT2D eigenvalue weighted by Crippen LogP contribution is 2.24. The minimum absolute atomic E-state index is 0.302. The van der Waals surface area contributed by atoms with Crippen LogP contribution in [-0.2, 0) is 0 Å². The molecule has 0 bridgehead atoms. The van der Waals surface area contributed by atoms with E-state index >= 15 is 0 Å². The van der Waals surface area contributed by atoms with Crippen molar-refractivity contribution in [2.45, 2.75) is 13.8 Å². The van der Waals surface area contributed by atoms with Crippen LogP contribution in [0.25, 0.3) is 0 Å². The van der Waals surface area contributed by atoms with Gasteiger partial charge in [0, 0.05) is 5.69 Å². The Hall–Kier alpha value is -2.34. The summed E-state index contributed by atoms with van der Waals surface area (Å²) in [5, 5.41) is 12.2. The molecule has 0 aliphatic rings. The van der Waals surface area contributed by atoms with E-state index < -0.39 is 5.82 Å². The zero-order valence-corrected chi connectivity index (χ0v) is 10.3. The van der Waals surface area contributed by atoms with E-state index in [0.29, 0.717) is 11.3 Å². The first-order valence-electron chi connectivity index (χ1n) is 5.64. The molecule has 2 aromatic rings. The van der Waals surface area contributed by atoms with Crippen LogP contribution in [0.15, 0.2) is 36.4 Å². The van der Waals surface area contributed by atoms with Gasteiger partial charge >= 0.3 is 0 Å². The molecule has 0 aliphatic heterocycles. The van der Waals surface area contributed by atoms with E-state index in [9.17, 15) is 4.39 Å². The lowest BCUT2D eigenvalue weighted by Gasteiger charge is -2.11. The molecule has 0 unspecified atom stereocenters. The van der Waals surface area contributed by atoms with Crippen LogP contribution < -0.4 is 5.32 Å². The molecule has 0 radical (unpaired) electrons. The van der Waals surface area contributed by atoms with Gasteiger partial charge in [0.15, 0.2) is 0 Å². The van der Waals surface area contributed by atoms with Crippen molar-refractivity contribution < 1.29 is 4.39 Å². The SMILES string of the molecule is Cc1ccc(C)c(Nc2ccc(F)cc2C#N)c1. The molecule has 0 saturated carbocycles. The highest BCUT2D eigenvalue weighted by molar-refractivity contribution is 5.68. The Morgan fingerprint density at radius 2 is 1.83 bits per heavy atom. The molecule has 2 aromatic carbocycles. The van der Waals surface area contributed by atoms with Crippen molar-refractivity contribution >= 4 is 11.4 Å². The van der Waals surface area contributed by atoms with Crippen molar-refractivity contribution in [1.82, 2.24) is 0 Å². The summed E-state index contributed by atoms with van der Waals surface area (Å²) in [6, 6.07) is 12.2. The fraction of sp³-hybridized carbons (Fsp3) is 0.133. The summed E-state index contributed by atoms with van der Waals surface area (Å²) in [5.74, 6) is -0.405. The van der Waals surface area contributed by atoms with Gasteiger partial charge in [0.25, 0.3) is 0 Å². The minimum atomic E-state index is -0.405. The van der Waals surface area contributed by atoms with Crippen molar-refractivity contribution in [3.8, 4) is 6.07 Å². The van der Waals surface area contributed by atoms with Gasteiger partial charge in [-0.2, -0.15) is 5.26 Å². The number of rotatable bonds is 2. The monoisotopic (exact) mass is 240 g/mol. The van der Waals surface area contributed by atoms with Crippen LogP contribution in [0, 0.1) is 31.0 Å². The second kappa shape index (κ2) is 4.89. The Bertz CT molecular complexity index is 627. The molecule has 0 spiro atoms. The predicted octanol–water partition coefficient (Wildman–Crippen LogP) is 4.06. The van der Waals surface area contributed by atoms with E-state index in [1.165, 1.54) is 12.1 Å². The number of benzene rings is 2. The van der Waals surface area contributed by atoms with Crippen LogP contribution in [0.1, 0.15) is 16.7 Å². The third kappa shape index (κ3) is 2.49. The fourth-order valence-electron chi connectivity index (χ4n) is 1.73. The van der Waals surface area contributed by atoms with Crippen LogP contribution >= 0.6 is 0 Å². The molecule has 18 heavy (non-hydrogen) atoms. The highest BCUT2D eigenvalue weighted by Gasteiger charge is 2.05.